The van der Waals surface area contributed by atoms with Crippen LogP contribution in [0.15, 0.2) is 40.9 Å². The van der Waals surface area contributed by atoms with Crippen LogP contribution in [0.1, 0.15) is 6.92 Å². The van der Waals surface area contributed by atoms with Crippen LogP contribution in [0, 0.1) is 0 Å². The normalized spacial score (nSPS) is 22.1. The zero-order valence-corrected chi connectivity index (χ0v) is 16.2. The van der Waals surface area contributed by atoms with Crippen molar-refractivity contribution < 1.29 is 41.1 Å². The Balaban J connectivity index is 2.06. The van der Waals surface area contributed by atoms with Crippen molar-refractivity contribution in [3.8, 4) is 0 Å². The number of carboxylic acid groups (broad SMARTS) is 1. The lowest BCUT2D eigenvalue weighted by molar-refractivity contribution is -0.148. The second kappa shape index (κ2) is 7.06. The standard InChI is InChI=1S/C16H13F3N2O6S2/c1-8(22)20(9-5-3-2-4-6-9)12-13(23)21-11(15(24)25)10(7-28-14(12)21)29(26,27)16(17,18)19/h2-6,12,14H,7H2,1H3,(H,24,25)/t12-,14-/m1/s1. The minimum absolute atomic E-state index is 0.341. The molecule has 3 rings (SSSR count). The van der Waals surface area contributed by atoms with Crippen LogP contribution >= 0.6 is 11.8 Å². The topological polar surface area (TPSA) is 112 Å². The number of nitrogens with zero attached hydrogens (tertiary/aromatic N) is 2. The number of rotatable bonds is 4. The Morgan fingerprint density at radius 2 is 1.83 bits per heavy atom. The SMILES string of the molecule is CC(=O)N(c1ccccc1)[C@@H]1C(=O)N2C(C(=O)O)=C(S(=O)(=O)C(F)(F)F)CS[C@H]12. The van der Waals surface area contributed by atoms with Crippen molar-refractivity contribution in [2.75, 3.05) is 10.7 Å². The van der Waals surface area contributed by atoms with Gasteiger partial charge in [0.2, 0.25) is 5.91 Å². The molecule has 2 heterocycles. The largest absolute Gasteiger partial charge is 0.501 e. The molecular formula is C16H13F3N2O6S2. The van der Waals surface area contributed by atoms with Crippen molar-refractivity contribution in [3.05, 3.63) is 40.9 Å². The Morgan fingerprint density at radius 3 is 2.31 bits per heavy atom. The molecule has 0 unspecified atom stereocenters. The number of carboxylic acids is 1. The molecule has 1 N–H and O–H groups in total. The number of β-lactam (4-membered cyclic amide) rings is 1. The van der Waals surface area contributed by atoms with E-state index in [0.29, 0.717) is 22.3 Å². The van der Waals surface area contributed by atoms with Crippen LogP contribution in [0.3, 0.4) is 0 Å². The number of fused-ring (bicyclic) bond motifs is 1. The first-order chi connectivity index (χ1) is 13.4. The summed E-state index contributed by atoms with van der Waals surface area (Å²) >= 11 is 0.648. The number of hydrogen-bond donors (Lipinski definition) is 1. The lowest BCUT2D eigenvalue weighted by atomic mass is 10.0. The maximum absolute atomic E-state index is 12.9. The number of anilines is 1. The van der Waals surface area contributed by atoms with Gasteiger partial charge in [0.25, 0.3) is 15.7 Å². The quantitative estimate of drug-likeness (QED) is 0.693. The predicted molar refractivity (Wildman–Crippen MR) is 96.1 cm³/mol. The second-order valence-corrected chi connectivity index (χ2v) is 9.17. The zero-order chi connectivity index (χ0) is 21.7. The van der Waals surface area contributed by atoms with Crippen LogP contribution in [0.25, 0.3) is 0 Å². The van der Waals surface area contributed by atoms with Crippen LogP contribution in [0.5, 0.6) is 0 Å². The molecule has 1 fully saturated rings. The molecule has 1 aromatic rings. The van der Waals surface area contributed by atoms with Gasteiger partial charge in [0.05, 0.1) is 4.91 Å². The lowest BCUT2D eigenvalue weighted by Crippen LogP contribution is -2.71. The van der Waals surface area contributed by atoms with Gasteiger partial charge in [-0.05, 0) is 12.1 Å². The summed E-state index contributed by atoms with van der Waals surface area (Å²) in [4.78, 5) is 36.6. The molecule has 0 bridgehead atoms. The van der Waals surface area contributed by atoms with Crippen LogP contribution in [-0.2, 0) is 24.2 Å². The molecular weight excluding hydrogens is 437 g/mol. The molecule has 0 aromatic heterocycles. The Kier molecular flexibility index (Phi) is 5.15. The smallest absolute Gasteiger partial charge is 0.477 e. The van der Waals surface area contributed by atoms with Gasteiger partial charge in [0.1, 0.15) is 17.1 Å². The Hall–Kier alpha value is -2.54. The van der Waals surface area contributed by atoms with Crippen molar-refractivity contribution in [2.24, 2.45) is 0 Å². The molecule has 0 radical (unpaired) electrons. The average molecular weight is 450 g/mol. The summed E-state index contributed by atoms with van der Waals surface area (Å²) < 4.78 is 62.4. The molecule has 2 aliphatic heterocycles. The number of sulfone groups is 1. The summed E-state index contributed by atoms with van der Waals surface area (Å²) in [5.41, 5.74) is -6.60. The van der Waals surface area contributed by atoms with Gasteiger partial charge in [-0.1, -0.05) is 18.2 Å². The average Bonchev–Trinajstić information content (AvgIpc) is 2.63. The van der Waals surface area contributed by atoms with E-state index in [9.17, 15) is 41.1 Å². The van der Waals surface area contributed by atoms with Gasteiger partial charge in [-0.2, -0.15) is 13.2 Å². The van der Waals surface area contributed by atoms with Crippen molar-refractivity contribution in [1.29, 1.82) is 0 Å². The van der Waals surface area contributed by atoms with E-state index in [0.717, 1.165) is 4.90 Å². The number of benzene rings is 1. The fraction of sp³-hybridized carbons (Fsp3) is 0.312. The first kappa shape index (κ1) is 21.2. The highest BCUT2D eigenvalue weighted by Gasteiger charge is 2.60. The van der Waals surface area contributed by atoms with Gasteiger partial charge < -0.3 is 5.11 Å². The number of carbonyl (C=O) groups is 3. The molecule has 0 aliphatic carbocycles. The third-order valence-corrected chi connectivity index (χ3v) is 7.43. The first-order valence-electron chi connectivity index (χ1n) is 7.97. The number of aliphatic carboxylic acids is 1. The predicted octanol–water partition coefficient (Wildman–Crippen LogP) is 1.55. The first-order valence-corrected chi connectivity index (χ1v) is 10.5. The van der Waals surface area contributed by atoms with Gasteiger partial charge >= 0.3 is 11.5 Å². The Bertz CT molecular complexity index is 1020. The molecule has 2 amide bonds. The number of amides is 2. The van der Waals surface area contributed by atoms with E-state index in [4.69, 9.17) is 0 Å². The van der Waals surface area contributed by atoms with Crippen LogP contribution in [-0.4, -0.2) is 58.9 Å². The van der Waals surface area contributed by atoms with E-state index < -0.39 is 60.9 Å². The van der Waals surface area contributed by atoms with Crippen LogP contribution in [0.2, 0.25) is 0 Å². The number of thioether (sulfide) groups is 1. The lowest BCUT2D eigenvalue weighted by Gasteiger charge is -2.52. The molecule has 29 heavy (non-hydrogen) atoms. The van der Waals surface area contributed by atoms with Crippen molar-refractivity contribution in [2.45, 2.75) is 23.8 Å². The molecule has 0 spiro atoms. The number of para-hydroxylation sites is 1. The van der Waals surface area contributed by atoms with Gasteiger partial charge in [0, 0.05) is 18.4 Å². The van der Waals surface area contributed by atoms with Crippen molar-refractivity contribution >= 4 is 45.1 Å². The molecule has 13 heteroatoms. The van der Waals surface area contributed by atoms with Crippen molar-refractivity contribution in [3.63, 3.8) is 0 Å². The summed E-state index contributed by atoms with van der Waals surface area (Å²) in [5.74, 6) is -4.29. The highest BCUT2D eigenvalue weighted by atomic mass is 32.2. The van der Waals surface area contributed by atoms with Crippen molar-refractivity contribution in [1.82, 2.24) is 4.90 Å². The minimum atomic E-state index is -5.94. The van der Waals surface area contributed by atoms with E-state index in [1.165, 1.54) is 6.92 Å². The summed E-state index contributed by atoms with van der Waals surface area (Å²) in [5, 5.41) is 8.32. The zero-order valence-electron chi connectivity index (χ0n) is 14.6. The van der Waals surface area contributed by atoms with Gasteiger partial charge in [-0.15, -0.1) is 11.8 Å². The highest BCUT2D eigenvalue weighted by molar-refractivity contribution is 8.03. The maximum Gasteiger partial charge on any atom is 0.501 e. The number of hydrogen-bond acceptors (Lipinski definition) is 6. The van der Waals surface area contributed by atoms with E-state index in [1.54, 1.807) is 30.3 Å². The molecule has 2 atom stereocenters. The molecule has 1 aromatic carbocycles. The summed E-state index contributed by atoms with van der Waals surface area (Å²) in [6, 6.07) is 6.79. The Morgan fingerprint density at radius 1 is 1.24 bits per heavy atom. The van der Waals surface area contributed by atoms with E-state index in [-0.39, 0.29) is 0 Å². The van der Waals surface area contributed by atoms with E-state index >= 15 is 0 Å². The van der Waals surface area contributed by atoms with Crippen LogP contribution < -0.4 is 4.90 Å². The molecule has 8 nitrogen and oxygen atoms in total. The number of alkyl halides is 3. The van der Waals surface area contributed by atoms with E-state index in [2.05, 4.69) is 0 Å². The van der Waals surface area contributed by atoms with Crippen LogP contribution in [0.4, 0.5) is 18.9 Å². The number of carbonyl (C=O) groups excluding carboxylic acids is 2. The highest BCUT2D eigenvalue weighted by Crippen LogP contribution is 2.46. The van der Waals surface area contributed by atoms with Gasteiger partial charge in [0.15, 0.2) is 0 Å². The second-order valence-electron chi connectivity index (χ2n) is 6.11. The molecule has 2 aliphatic rings. The fourth-order valence-electron chi connectivity index (χ4n) is 3.15. The number of halogens is 3. The minimum Gasteiger partial charge on any atom is -0.477 e. The van der Waals surface area contributed by atoms with Gasteiger partial charge in [-0.3, -0.25) is 19.4 Å². The van der Waals surface area contributed by atoms with E-state index in [1.807, 2.05) is 0 Å². The molecule has 156 valence electrons. The summed E-state index contributed by atoms with van der Waals surface area (Å²) in [6.07, 6.45) is 0. The maximum atomic E-state index is 12.9. The third kappa shape index (κ3) is 3.27. The molecule has 1 saturated heterocycles. The summed E-state index contributed by atoms with van der Waals surface area (Å²) in [7, 11) is -5.94. The summed E-state index contributed by atoms with van der Waals surface area (Å²) in [6.45, 7) is 1.18. The molecule has 0 saturated carbocycles. The van der Waals surface area contributed by atoms with Gasteiger partial charge in [-0.25, -0.2) is 13.2 Å². The fourth-order valence-corrected chi connectivity index (χ4v) is 5.93. The Labute approximate surface area is 166 Å². The third-order valence-electron chi connectivity index (χ3n) is 4.39. The monoisotopic (exact) mass is 450 g/mol.